The summed E-state index contributed by atoms with van der Waals surface area (Å²) >= 11 is 7.57. The van der Waals surface area contributed by atoms with Crippen LogP contribution in [0.1, 0.15) is 29.8 Å². The molecule has 0 aliphatic heterocycles. The van der Waals surface area contributed by atoms with Crippen molar-refractivity contribution in [2.24, 2.45) is 0 Å². The molecule has 3 rings (SSSR count). The Morgan fingerprint density at radius 3 is 2.44 bits per heavy atom. The van der Waals surface area contributed by atoms with E-state index >= 15 is 0 Å². The van der Waals surface area contributed by atoms with E-state index in [-0.39, 0.29) is 5.41 Å². The Morgan fingerprint density at radius 1 is 1.19 bits per heavy atom. The summed E-state index contributed by atoms with van der Waals surface area (Å²) in [6.45, 7) is 0. The van der Waals surface area contributed by atoms with Gasteiger partial charge < -0.3 is 0 Å². The Kier molecular flexibility index (Phi) is 2.45. The number of hydrogen-bond acceptors (Lipinski definition) is 3. The average Bonchev–Trinajstić information content (AvgIpc) is 2.73. The van der Waals surface area contributed by atoms with Crippen LogP contribution in [-0.2, 0) is 5.41 Å². The number of rotatable bonds is 2. The highest BCUT2D eigenvalue weighted by molar-refractivity contribution is 7.09. The van der Waals surface area contributed by atoms with Crippen LogP contribution in [0.15, 0.2) is 29.8 Å². The lowest BCUT2D eigenvalue weighted by Crippen LogP contribution is -2.35. The van der Waals surface area contributed by atoms with Crippen molar-refractivity contribution in [2.45, 2.75) is 24.7 Å². The molecule has 1 aliphatic carbocycles. The molecule has 1 saturated carbocycles. The Hall–Kier alpha value is -0.930. The van der Waals surface area contributed by atoms with Crippen molar-refractivity contribution < 1.29 is 0 Å². The third-order valence-corrected chi connectivity index (χ3v) is 4.52. The van der Waals surface area contributed by atoms with E-state index in [2.05, 4.69) is 22.3 Å². The van der Waals surface area contributed by atoms with Gasteiger partial charge in [0, 0.05) is 10.4 Å². The zero-order valence-electron chi connectivity index (χ0n) is 8.69. The Morgan fingerprint density at radius 2 is 1.94 bits per heavy atom. The zero-order chi connectivity index (χ0) is 11.0. The van der Waals surface area contributed by atoms with Gasteiger partial charge in [0.15, 0.2) is 0 Å². The summed E-state index contributed by atoms with van der Waals surface area (Å²) in [5.41, 5.74) is 3.25. The Bertz CT molecular complexity index is 474. The van der Waals surface area contributed by atoms with Crippen molar-refractivity contribution >= 4 is 22.9 Å². The van der Waals surface area contributed by atoms with Gasteiger partial charge >= 0.3 is 0 Å². The van der Waals surface area contributed by atoms with Crippen LogP contribution in [0.25, 0.3) is 0 Å². The van der Waals surface area contributed by atoms with E-state index in [9.17, 15) is 0 Å². The zero-order valence-corrected chi connectivity index (χ0v) is 10.3. The molecule has 0 unspecified atom stereocenters. The summed E-state index contributed by atoms with van der Waals surface area (Å²) in [6, 6.07) is 8.14. The van der Waals surface area contributed by atoms with E-state index in [4.69, 9.17) is 11.6 Å². The van der Waals surface area contributed by atoms with Crippen LogP contribution in [0, 0.1) is 0 Å². The van der Waals surface area contributed by atoms with Gasteiger partial charge in [0.05, 0.1) is 0 Å². The predicted octanol–water partition coefficient (Wildman–Crippen LogP) is 3.66. The normalized spacial score (nSPS) is 18.1. The third kappa shape index (κ3) is 1.46. The summed E-state index contributed by atoms with van der Waals surface area (Å²) in [7, 11) is 0. The van der Waals surface area contributed by atoms with E-state index in [0.717, 1.165) is 10.0 Å². The first-order chi connectivity index (χ1) is 7.81. The van der Waals surface area contributed by atoms with Crippen LogP contribution >= 0.6 is 22.9 Å². The monoisotopic (exact) mass is 250 g/mol. The molecule has 1 heterocycles. The lowest BCUT2D eigenvalue weighted by Gasteiger charge is -2.40. The second-order valence-corrected chi connectivity index (χ2v) is 5.46. The highest BCUT2D eigenvalue weighted by atomic mass is 35.5. The quantitative estimate of drug-likeness (QED) is 0.813. The number of hydrogen-bond donors (Lipinski definition) is 0. The molecule has 82 valence electrons. The molecule has 0 spiro atoms. The molecule has 0 amide bonds. The minimum absolute atomic E-state index is 0.117. The maximum atomic E-state index is 5.92. The minimum atomic E-state index is 0.117. The lowest BCUT2D eigenvalue weighted by molar-refractivity contribution is 0.299. The summed E-state index contributed by atoms with van der Waals surface area (Å²) in [5.74, 6) is 0. The fourth-order valence-electron chi connectivity index (χ4n) is 2.31. The molecular formula is C12H11ClN2S. The molecule has 1 aromatic heterocycles. The van der Waals surface area contributed by atoms with Crippen molar-refractivity contribution in [3.05, 3.63) is 45.4 Å². The van der Waals surface area contributed by atoms with Crippen LogP contribution < -0.4 is 0 Å². The maximum Gasteiger partial charge on any atom is 0.127 e. The second kappa shape index (κ2) is 3.82. The first-order valence-corrected chi connectivity index (χ1v) is 6.60. The molecule has 0 N–H and O–H groups in total. The van der Waals surface area contributed by atoms with Gasteiger partial charge in [0.1, 0.15) is 10.5 Å². The Balaban J connectivity index is 2.05. The van der Waals surface area contributed by atoms with Gasteiger partial charge in [-0.25, -0.2) is 0 Å². The van der Waals surface area contributed by atoms with Crippen LogP contribution in [0.3, 0.4) is 0 Å². The number of halogens is 1. The molecular weight excluding hydrogens is 240 g/mol. The highest BCUT2D eigenvalue weighted by Crippen LogP contribution is 2.49. The molecule has 0 bridgehead atoms. The predicted molar refractivity (Wildman–Crippen MR) is 66.0 cm³/mol. The van der Waals surface area contributed by atoms with Crippen LogP contribution in [0.2, 0.25) is 5.02 Å². The van der Waals surface area contributed by atoms with E-state index in [1.807, 2.05) is 17.6 Å². The van der Waals surface area contributed by atoms with Crippen molar-refractivity contribution in [1.29, 1.82) is 0 Å². The molecule has 2 nitrogen and oxygen atoms in total. The molecule has 1 aromatic carbocycles. The fraction of sp³-hybridized carbons (Fsp3) is 0.333. The van der Waals surface area contributed by atoms with Gasteiger partial charge in [0.2, 0.25) is 0 Å². The van der Waals surface area contributed by atoms with Gasteiger partial charge in [-0.05, 0) is 30.5 Å². The molecule has 2 aromatic rings. The topological polar surface area (TPSA) is 25.8 Å². The standard InChI is InChI=1S/C12H11ClN2S/c13-10-4-2-9(3-5-10)12(6-1-7-12)11-15-14-8-16-11/h2-5,8H,1,6-7H2. The van der Waals surface area contributed by atoms with Crippen molar-refractivity contribution in [3.8, 4) is 0 Å². The van der Waals surface area contributed by atoms with Crippen molar-refractivity contribution in [1.82, 2.24) is 10.2 Å². The highest BCUT2D eigenvalue weighted by Gasteiger charge is 2.42. The summed E-state index contributed by atoms with van der Waals surface area (Å²) < 4.78 is 0. The van der Waals surface area contributed by atoms with Gasteiger partial charge in [-0.1, -0.05) is 30.2 Å². The van der Waals surface area contributed by atoms with E-state index < -0.39 is 0 Å². The summed E-state index contributed by atoms with van der Waals surface area (Å²) in [5, 5.41) is 10.1. The van der Waals surface area contributed by atoms with Crippen LogP contribution in [-0.4, -0.2) is 10.2 Å². The van der Waals surface area contributed by atoms with Crippen LogP contribution in [0.4, 0.5) is 0 Å². The smallest absolute Gasteiger partial charge is 0.127 e. The second-order valence-electron chi connectivity index (χ2n) is 4.19. The molecule has 1 fully saturated rings. The van der Waals surface area contributed by atoms with E-state index in [1.54, 1.807) is 11.3 Å². The van der Waals surface area contributed by atoms with Gasteiger partial charge in [-0.15, -0.1) is 21.5 Å². The molecule has 0 radical (unpaired) electrons. The molecule has 16 heavy (non-hydrogen) atoms. The first kappa shape index (κ1) is 10.2. The molecule has 1 aliphatic rings. The molecule has 0 saturated heterocycles. The SMILES string of the molecule is Clc1ccc(C2(c3nncs3)CCC2)cc1. The average molecular weight is 251 g/mol. The number of aromatic nitrogens is 2. The minimum Gasteiger partial charge on any atom is -0.147 e. The molecule has 4 heteroatoms. The summed E-state index contributed by atoms with van der Waals surface area (Å²) in [4.78, 5) is 0. The largest absolute Gasteiger partial charge is 0.147 e. The summed E-state index contributed by atoms with van der Waals surface area (Å²) in [6.07, 6.45) is 3.61. The van der Waals surface area contributed by atoms with Crippen molar-refractivity contribution in [2.75, 3.05) is 0 Å². The molecule has 0 atom stereocenters. The number of nitrogens with zero attached hydrogens (tertiary/aromatic N) is 2. The van der Waals surface area contributed by atoms with Gasteiger partial charge in [-0.3, -0.25) is 0 Å². The number of benzene rings is 1. The Labute approximate surface area is 103 Å². The third-order valence-electron chi connectivity index (χ3n) is 3.37. The van der Waals surface area contributed by atoms with Gasteiger partial charge in [0.25, 0.3) is 0 Å². The maximum absolute atomic E-state index is 5.92. The fourth-order valence-corrected chi connectivity index (χ4v) is 3.27. The first-order valence-electron chi connectivity index (χ1n) is 5.34. The van der Waals surface area contributed by atoms with E-state index in [1.165, 1.54) is 24.8 Å². The lowest BCUT2D eigenvalue weighted by atomic mass is 9.65. The van der Waals surface area contributed by atoms with Gasteiger partial charge in [-0.2, -0.15) is 0 Å². The van der Waals surface area contributed by atoms with Crippen LogP contribution in [0.5, 0.6) is 0 Å². The van der Waals surface area contributed by atoms with Crippen molar-refractivity contribution in [3.63, 3.8) is 0 Å². The van der Waals surface area contributed by atoms with E-state index in [0.29, 0.717) is 0 Å².